The van der Waals surface area contributed by atoms with Crippen LogP contribution in [0.1, 0.15) is 18.1 Å². The molecule has 1 aliphatic carbocycles. The summed E-state index contributed by atoms with van der Waals surface area (Å²) in [5, 5.41) is 1.72. The molecule has 0 fully saturated rings. The predicted octanol–water partition coefficient (Wildman–Crippen LogP) is 3.81. The van der Waals surface area contributed by atoms with Gasteiger partial charge in [0.15, 0.2) is 15.1 Å². The minimum atomic E-state index is -3.83. The molecule has 0 unspecified atom stereocenters. The van der Waals surface area contributed by atoms with E-state index in [1.165, 1.54) is 21.3 Å². The van der Waals surface area contributed by atoms with Gasteiger partial charge in [-0.2, -0.15) is 8.42 Å². The Kier molecular flexibility index (Phi) is 3.26. The smallest absolute Gasteiger partial charge is 0.278 e. The van der Waals surface area contributed by atoms with E-state index < -0.39 is 10.0 Å². The van der Waals surface area contributed by atoms with Gasteiger partial charge in [-0.25, -0.2) is 4.98 Å². The van der Waals surface area contributed by atoms with Gasteiger partial charge in [-0.3, -0.25) is 9.12 Å². The molecule has 1 aromatic carbocycles. The van der Waals surface area contributed by atoms with Crippen molar-refractivity contribution in [3.05, 3.63) is 51.6 Å². The summed E-state index contributed by atoms with van der Waals surface area (Å²) < 4.78 is 29.8. The molecule has 1 aliphatic rings. The van der Waals surface area contributed by atoms with Crippen LogP contribution >= 0.6 is 22.9 Å². The molecule has 2 aromatic heterocycles. The molecule has 23 heavy (non-hydrogen) atoms. The molecular weight excluding hydrogens is 354 g/mol. The second-order valence-corrected chi connectivity index (χ2v) is 8.24. The number of anilines is 1. The lowest BCUT2D eigenvalue weighted by Crippen LogP contribution is -2.16. The Balaban J connectivity index is 1.79. The number of thiazole rings is 1. The van der Waals surface area contributed by atoms with Crippen molar-refractivity contribution >= 4 is 49.7 Å². The van der Waals surface area contributed by atoms with Gasteiger partial charge in [0.2, 0.25) is 0 Å². The number of nitrogens with one attached hydrogen (secondary N) is 1. The zero-order valence-corrected chi connectivity index (χ0v) is 14.5. The van der Waals surface area contributed by atoms with E-state index in [2.05, 4.69) is 15.8 Å². The number of allylic oxidation sites excluding steroid dienone is 1. The topological polar surface area (TPSA) is 63.5 Å². The summed E-state index contributed by atoms with van der Waals surface area (Å²) in [6, 6.07) is 5.58. The van der Waals surface area contributed by atoms with Crippen molar-refractivity contribution in [3.63, 3.8) is 0 Å². The van der Waals surface area contributed by atoms with Crippen molar-refractivity contribution in [2.24, 2.45) is 0 Å². The molecule has 0 atom stereocenters. The van der Waals surface area contributed by atoms with E-state index in [4.69, 9.17) is 11.6 Å². The van der Waals surface area contributed by atoms with Gasteiger partial charge in [-0.15, -0.1) is 11.3 Å². The number of nitrogens with zero attached hydrogens (tertiary/aromatic N) is 2. The van der Waals surface area contributed by atoms with Crippen molar-refractivity contribution in [2.45, 2.75) is 18.4 Å². The molecule has 3 aromatic rings. The van der Waals surface area contributed by atoms with Crippen LogP contribution in [0.15, 0.2) is 40.4 Å². The lowest BCUT2D eigenvalue weighted by atomic mass is 10.1. The molecule has 5 nitrogen and oxygen atoms in total. The maximum absolute atomic E-state index is 12.8. The first kappa shape index (κ1) is 14.7. The Morgan fingerprint density at radius 1 is 1.39 bits per heavy atom. The highest BCUT2D eigenvalue weighted by Gasteiger charge is 2.26. The summed E-state index contributed by atoms with van der Waals surface area (Å²) in [5.74, 6) is 0. The Labute approximate surface area is 142 Å². The minimum Gasteiger partial charge on any atom is -0.278 e. The Hall–Kier alpha value is -1.83. The fraction of sp³-hybridized carbons (Fsp3) is 0.133. The quantitative estimate of drug-likeness (QED) is 0.767. The highest BCUT2D eigenvalue weighted by Crippen LogP contribution is 2.33. The van der Waals surface area contributed by atoms with Gasteiger partial charge in [-0.05, 0) is 30.5 Å². The average molecular weight is 366 g/mol. The van der Waals surface area contributed by atoms with Gasteiger partial charge < -0.3 is 0 Å². The van der Waals surface area contributed by atoms with E-state index in [9.17, 15) is 8.42 Å². The largest absolute Gasteiger partial charge is 0.281 e. The van der Waals surface area contributed by atoms with Crippen LogP contribution in [0.2, 0.25) is 5.15 Å². The SMILES string of the molecule is CC1=Cc2cccc(NS(=O)(=O)c3c(Cl)nc4sccn34)c2C1. The normalized spacial score (nSPS) is 14.1. The molecule has 0 spiro atoms. The van der Waals surface area contributed by atoms with E-state index in [0.29, 0.717) is 10.6 Å². The zero-order chi connectivity index (χ0) is 16.2. The van der Waals surface area contributed by atoms with Crippen LogP contribution in [-0.2, 0) is 16.4 Å². The minimum absolute atomic E-state index is 0.0220. The first-order chi connectivity index (χ1) is 11.0. The third-order valence-electron chi connectivity index (χ3n) is 3.75. The third-order valence-corrected chi connectivity index (χ3v) is 6.27. The van der Waals surface area contributed by atoms with Gasteiger partial charge in [0.05, 0.1) is 5.69 Å². The number of halogens is 1. The average Bonchev–Trinajstić information content (AvgIpc) is 3.11. The summed E-state index contributed by atoms with van der Waals surface area (Å²) >= 11 is 7.38. The number of sulfonamides is 1. The second-order valence-electron chi connectivity index (χ2n) is 5.41. The van der Waals surface area contributed by atoms with Crippen molar-refractivity contribution in [3.8, 4) is 0 Å². The van der Waals surface area contributed by atoms with Crippen LogP contribution in [0.3, 0.4) is 0 Å². The molecule has 2 heterocycles. The molecule has 8 heteroatoms. The number of hydrogen-bond donors (Lipinski definition) is 1. The van der Waals surface area contributed by atoms with Crippen molar-refractivity contribution < 1.29 is 8.42 Å². The standard InChI is InChI=1S/C15H12ClN3O2S2/c1-9-7-10-3-2-4-12(11(10)8-9)18-23(20,21)14-13(16)17-15-19(14)5-6-22-15/h2-7,18H,8H2,1H3. The number of rotatable bonds is 3. The van der Waals surface area contributed by atoms with Gasteiger partial charge >= 0.3 is 0 Å². The monoisotopic (exact) mass is 365 g/mol. The van der Waals surface area contributed by atoms with Gasteiger partial charge in [-0.1, -0.05) is 35.4 Å². The molecule has 0 aliphatic heterocycles. The lowest BCUT2D eigenvalue weighted by Gasteiger charge is -2.12. The van der Waals surface area contributed by atoms with Crippen molar-refractivity contribution in [1.29, 1.82) is 0 Å². The summed E-state index contributed by atoms with van der Waals surface area (Å²) in [4.78, 5) is 4.63. The van der Waals surface area contributed by atoms with E-state index in [1.807, 2.05) is 19.1 Å². The molecule has 4 rings (SSSR count). The summed E-state index contributed by atoms with van der Waals surface area (Å²) in [6.07, 6.45) is 4.45. The molecular formula is C15H12ClN3O2S2. The number of benzene rings is 1. The van der Waals surface area contributed by atoms with E-state index in [1.54, 1.807) is 17.6 Å². The molecule has 1 N–H and O–H groups in total. The Bertz CT molecular complexity index is 1060. The molecule has 118 valence electrons. The maximum atomic E-state index is 12.8. The number of aromatic nitrogens is 2. The number of fused-ring (bicyclic) bond motifs is 2. The first-order valence-electron chi connectivity index (χ1n) is 6.88. The summed E-state index contributed by atoms with van der Waals surface area (Å²) in [6.45, 7) is 2.03. The van der Waals surface area contributed by atoms with Crippen LogP contribution in [0.25, 0.3) is 11.0 Å². The van der Waals surface area contributed by atoms with Crippen LogP contribution in [0, 0.1) is 0 Å². The third kappa shape index (κ3) is 2.36. The van der Waals surface area contributed by atoms with Gasteiger partial charge in [0, 0.05) is 11.6 Å². The summed E-state index contributed by atoms with van der Waals surface area (Å²) in [5.41, 5.74) is 3.81. The van der Waals surface area contributed by atoms with E-state index in [0.717, 1.165) is 17.5 Å². The van der Waals surface area contributed by atoms with Crippen LogP contribution in [0.5, 0.6) is 0 Å². The van der Waals surface area contributed by atoms with Crippen molar-refractivity contribution in [1.82, 2.24) is 9.38 Å². The van der Waals surface area contributed by atoms with E-state index in [-0.39, 0.29) is 10.2 Å². The Morgan fingerprint density at radius 3 is 3.04 bits per heavy atom. The first-order valence-corrected chi connectivity index (χ1v) is 9.63. The highest BCUT2D eigenvalue weighted by atomic mass is 35.5. The fourth-order valence-electron chi connectivity index (χ4n) is 2.80. The zero-order valence-electron chi connectivity index (χ0n) is 12.1. The lowest BCUT2D eigenvalue weighted by molar-refractivity contribution is 0.596. The summed E-state index contributed by atoms with van der Waals surface area (Å²) in [7, 11) is -3.83. The molecule has 0 saturated heterocycles. The molecule has 0 saturated carbocycles. The second kappa shape index (κ2) is 5.09. The van der Waals surface area contributed by atoms with Crippen LogP contribution < -0.4 is 4.72 Å². The fourth-order valence-corrected chi connectivity index (χ4v) is 5.35. The van der Waals surface area contributed by atoms with E-state index >= 15 is 0 Å². The molecule has 0 radical (unpaired) electrons. The van der Waals surface area contributed by atoms with Crippen LogP contribution in [0.4, 0.5) is 5.69 Å². The number of hydrogen-bond acceptors (Lipinski definition) is 4. The Morgan fingerprint density at radius 2 is 2.22 bits per heavy atom. The van der Waals surface area contributed by atoms with Gasteiger partial charge in [0.1, 0.15) is 0 Å². The number of imidazole rings is 1. The molecule has 0 bridgehead atoms. The predicted molar refractivity (Wildman–Crippen MR) is 92.7 cm³/mol. The van der Waals surface area contributed by atoms with Crippen molar-refractivity contribution in [2.75, 3.05) is 4.72 Å². The highest BCUT2D eigenvalue weighted by molar-refractivity contribution is 7.92. The van der Waals surface area contributed by atoms with Gasteiger partial charge in [0.25, 0.3) is 10.0 Å². The maximum Gasteiger partial charge on any atom is 0.281 e. The molecule has 0 amide bonds. The van der Waals surface area contributed by atoms with Crippen LogP contribution in [-0.4, -0.2) is 17.8 Å².